The molecule has 0 nitrogen and oxygen atoms in total. The highest BCUT2D eigenvalue weighted by Gasteiger charge is 1.86. The van der Waals surface area contributed by atoms with E-state index in [1.165, 1.54) is 0 Å². The zero-order valence-electron chi connectivity index (χ0n) is 3.53. The van der Waals surface area contributed by atoms with Gasteiger partial charge in [-0.25, -0.2) is 0 Å². The van der Waals surface area contributed by atoms with Gasteiger partial charge in [-0.15, -0.1) is 0 Å². The predicted octanol–water partition coefficient (Wildman–Crippen LogP) is 1.76. The molecule has 1 aliphatic heterocycles. The summed E-state index contributed by atoms with van der Waals surface area (Å²) in [5.41, 5.74) is 0. The largest absolute Gasteiger partial charge is 0.0572 e. The molecule has 0 radical (unpaired) electrons. The molecule has 38 valence electrons. The van der Waals surface area contributed by atoms with Crippen LogP contribution in [0.2, 0.25) is 0 Å². The van der Waals surface area contributed by atoms with Crippen LogP contribution in [-0.2, 0) is 19.7 Å². The summed E-state index contributed by atoms with van der Waals surface area (Å²) in [6, 6.07) is 0. The minimum Gasteiger partial charge on any atom is -0.0572 e. The molecule has 0 saturated carbocycles. The average molecular weight is 148 g/mol. The zero-order chi connectivity index (χ0) is 5.11. The third kappa shape index (κ3) is 1.76. The molecule has 0 aliphatic carbocycles. The smallest absolute Gasteiger partial charge is 0.0139 e. The van der Waals surface area contributed by atoms with Gasteiger partial charge in [0.2, 0.25) is 0 Å². The first-order valence-electron chi connectivity index (χ1n) is 1.80. The van der Waals surface area contributed by atoms with Crippen LogP contribution in [0.4, 0.5) is 0 Å². The summed E-state index contributed by atoms with van der Waals surface area (Å²) in [5, 5.41) is 4.05. The predicted molar refractivity (Wildman–Crippen MR) is 40.6 cm³/mol. The van der Waals surface area contributed by atoms with E-state index in [0.29, 0.717) is 0 Å². The first-order chi connectivity index (χ1) is 3.39. The van der Waals surface area contributed by atoms with Crippen LogP contribution in [-0.4, -0.2) is 0 Å². The fourth-order valence-corrected chi connectivity index (χ4v) is 2.33. The fourth-order valence-electron chi connectivity index (χ4n) is 0.274. The molecule has 0 aromatic heterocycles. The molecule has 1 unspecified atom stereocenters. The van der Waals surface area contributed by atoms with Crippen LogP contribution in [0.5, 0.6) is 0 Å². The van der Waals surface area contributed by atoms with E-state index in [4.69, 9.17) is 11.2 Å². The van der Waals surface area contributed by atoms with Crippen molar-refractivity contribution < 1.29 is 0 Å². The van der Waals surface area contributed by atoms with Crippen LogP contribution in [0.3, 0.4) is 0 Å². The van der Waals surface area contributed by atoms with Crippen molar-refractivity contribution in [3.63, 3.8) is 0 Å². The summed E-state index contributed by atoms with van der Waals surface area (Å²) >= 11 is 4.94. The molecule has 0 N–H and O–H groups in total. The van der Waals surface area contributed by atoms with Gasteiger partial charge in [0, 0.05) is 0 Å². The molecule has 1 atom stereocenters. The van der Waals surface area contributed by atoms with E-state index in [0.717, 1.165) is 0 Å². The lowest BCUT2D eigenvalue weighted by atomic mass is 10.6. The van der Waals surface area contributed by atoms with Crippen LogP contribution in [0.25, 0.3) is 0 Å². The minimum atomic E-state index is 0.0424. The Labute approximate surface area is 53.7 Å². The van der Waals surface area contributed by atoms with E-state index < -0.39 is 0 Å². The Morgan fingerprint density at radius 2 is 2.29 bits per heavy atom. The SMILES string of the molecule is S=S1C=CC=CS1. The lowest BCUT2D eigenvalue weighted by molar-refractivity contribution is 2.09. The highest BCUT2D eigenvalue weighted by molar-refractivity contribution is 8.84. The van der Waals surface area contributed by atoms with Crippen molar-refractivity contribution >= 4 is 30.5 Å². The van der Waals surface area contributed by atoms with Crippen LogP contribution < -0.4 is 0 Å². The molecule has 1 rings (SSSR count). The van der Waals surface area contributed by atoms with Crippen molar-refractivity contribution in [3.05, 3.63) is 23.0 Å². The lowest BCUT2D eigenvalue weighted by Crippen LogP contribution is -1.70. The van der Waals surface area contributed by atoms with Gasteiger partial charge in [-0.1, -0.05) is 22.9 Å². The second kappa shape index (κ2) is 2.64. The first-order valence-corrected chi connectivity index (χ1v) is 5.41. The van der Waals surface area contributed by atoms with E-state index in [1.807, 2.05) is 23.0 Å². The Morgan fingerprint density at radius 1 is 1.43 bits per heavy atom. The summed E-state index contributed by atoms with van der Waals surface area (Å²) in [4.78, 5) is 0. The zero-order valence-corrected chi connectivity index (χ0v) is 5.98. The van der Waals surface area contributed by atoms with Gasteiger partial charge in [-0.3, -0.25) is 0 Å². The highest BCUT2D eigenvalue weighted by Crippen LogP contribution is 2.14. The molecular formula is C4H4S3. The molecule has 1 heterocycles. The van der Waals surface area contributed by atoms with Crippen LogP contribution >= 0.6 is 10.8 Å². The Balaban J connectivity index is 2.66. The van der Waals surface area contributed by atoms with Crippen LogP contribution in [0, 0.1) is 0 Å². The third-order valence-corrected chi connectivity index (χ3v) is 3.64. The van der Waals surface area contributed by atoms with Crippen molar-refractivity contribution in [2.45, 2.75) is 0 Å². The van der Waals surface area contributed by atoms with Gasteiger partial charge in [0.25, 0.3) is 0 Å². The van der Waals surface area contributed by atoms with E-state index in [2.05, 4.69) is 0 Å². The van der Waals surface area contributed by atoms with E-state index in [1.54, 1.807) is 10.8 Å². The van der Waals surface area contributed by atoms with Gasteiger partial charge in [0.15, 0.2) is 0 Å². The number of allylic oxidation sites excluding steroid dienone is 2. The molecular weight excluding hydrogens is 144 g/mol. The maximum Gasteiger partial charge on any atom is -0.0139 e. The van der Waals surface area contributed by atoms with Gasteiger partial charge in [0.1, 0.15) is 0 Å². The summed E-state index contributed by atoms with van der Waals surface area (Å²) in [5.74, 6) is 0. The number of hydrogen-bond donors (Lipinski definition) is 0. The number of rotatable bonds is 0. The average Bonchev–Trinajstić information content (AvgIpc) is 1.69. The van der Waals surface area contributed by atoms with E-state index >= 15 is 0 Å². The minimum absolute atomic E-state index is 0.0424. The summed E-state index contributed by atoms with van der Waals surface area (Å²) in [6.07, 6.45) is 3.99. The lowest BCUT2D eigenvalue weighted by Gasteiger charge is -1.93. The van der Waals surface area contributed by atoms with Gasteiger partial charge in [-0.2, -0.15) is 0 Å². The monoisotopic (exact) mass is 148 g/mol. The van der Waals surface area contributed by atoms with E-state index in [9.17, 15) is 0 Å². The Morgan fingerprint density at radius 3 is 2.57 bits per heavy atom. The molecule has 0 amide bonds. The molecule has 0 saturated heterocycles. The Bertz CT molecular complexity index is 134. The maximum absolute atomic E-state index is 4.94. The topological polar surface area (TPSA) is 0 Å². The molecule has 0 aromatic carbocycles. The van der Waals surface area contributed by atoms with Crippen LogP contribution in [0.15, 0.2) is 23.0 Å². The summed E-state index contributed by atoms with van der Waals surface area (Å²) in [6.45, 7) is 0. The molecule has 7 heavy (non-hydrogen) atoms. The van der Waals surface area contributed by atoms with Gasteiger partial charge >= 0.3 is 0 Å². The third-order valence-electron chi connectivity index (χ3n) is 0.530. The molecule has 1 aliphatic rings. The van der Waals surface area contributed by atoms with E-state index in [-0.39, 0.29) is 8.49 Å². The fraction of sp³-hybridized carbons (Fsp3) is 0. The van der Waals surface area contributed by atoms with Crippen molar-refractivity contribution in [1.82, 2.24) is 0 Å². The number of hydrogen-bond acceptors (Lipinski definition) is 2. The standard InChI is InChI=1S/C4H4S3/c5-7-4-2-1-3-6-7/h1-4H. The van der Waals surface area contributed by atoms with Gasteiger partial charge in [0.05, 0.1) is 0 Å². The molecule has 0 fully saturated rings. The normalized spacial score (nSPS) is 28.3. The Kier molecular flexibility index (Phi) is 2.09. The molecule has 0 aromatic rings. The molecule has 0 spiro atoms. The van der Waals surface area contributed by atoms with Crippen molar-refractivity contribution in [1.29, 1.82) is 0 Å². The van der Waals surface area contributed by atoms with Gasteiger partial charge < -0.3 is 0 Å². The Hall–Kier alpha value is 0.400. The van der Waals surface area contributed by atoms with Crippen molar-refractivity contribution in [2.75, 3.05) is 0 Å². The molecule has 0 bridgehead atoms. The first kappa shape index (κ1) is 5.54. The quantitative estimate of drug-likeness (QED) is 0.480. The summed E-state index contributed by atoms with van der Waals surface area (Å²) < 4.78 is 0. The van der Waals surface area contributed by atoms with Crippen LogP contribution in [0.1, 0.15) is 0 Å². The van der Waals surface area contributed by atoms with Crippen molar-refractivity contribution in [2.24, 2.45) is 0 Å². The summed E-state index contributed by atoms with van der Waals surface area (Å²) in [7, 11) is 1.74. The highest BCUT2D eigenvalue weighted by atomic mass is 33.3. The second-order valence-electron chi connectivity index (χ2n) is 1.01. The maximum atomic E-state index is 4.94. The van der Waals surface area contributed by atoms with Gasteiger partial charge in [-0.05, 0) is 30.5 Å². The molecule has 3 heteroatoms. The second-order valence-corrected chi connectivity index (χ2v) is 5.64. The van der Waals surface area contributed by atoms with Crippen molar-refractivity contribution in [3.8, 4) is 0 Å².